The van der Waals surface area contributed by atoms with Crippen molar-refractivity contribution in [2.45, 2.75) is 0 Å². The first-order chi connectivity index (χ1) is 6.00. The van der Waals surface area contributed by atoms with Crippen molar-refractivity contribution in [1.29, 1.82) is 0 Å². The van der Waals surface area contributed by atoms with Gasteiger partial charge in [0.1, 0.15) is 0 Å². The molecule has 0 saturated heterocycles. The maximum atomic E-state index is 8.88. The SMILES string of the molecule is O=P(O)(O)O.O=P(O)(O)O.O=P(O)(O)O.[Ti]. The average molecular weight is 342 g/mol. The first-order valence-electron chi connectivity index (χ1n) is 2.35. The Morgan fingerprint density at radius 1 is 0.438 bits per heavy atom. The molecule has 100 valence electrons. The minimum atomic E-state index is -4.64. The quantitative estimate of drug-likeness (QED) is 0.160. The van der Waals surface area contributed by atoms with Crippen LogP contribution in [0.25, 0.3) is 0 Å². The van der Waals surface area contributed by atoms with Gasteiger partial charge in [0.15, 0.2) is 0 Å². The molecule has 12 nitrogen and oxygen atoms in total. The van der Waals surface area contributed by atoms with Crippen LogP contribution >= 0.6 is 23.5 Å². The van der Waals surface area contributed by atoms with E-state index in [-0.39, 0.29) is 21.7 Å². The van der Waals surface area contributed by atoms with Crippen LogP contribution in [0.2, 0.25) is 0 Å². The molecule has 16 heteroatoms. The zero-order valence-electron chi connectivity index (χ0n) is 7.09. The second-order valence-electron chi connectivity index (χ2n) is 1.54. The van der Waals surface area contributed by atoms with Gasteiger partial charge < -0.3 is 44.0 Å². The number of rotatable bonds is 0. The predicted molar refractivity (Wildman–Crippen MR) is 42.8 cm³/mol. The second-order valence-corrected chi connectivity index (χ2v) is 4.62. The van der Waals surface area contributed by atoms with Crippen molar-refractivity contribution in [1.82, 2.24) is 0 Å². The van der Waals surface area contributed by atoms with Gasteiger partial charge in [-0.25, -0.2) is 13.7 Å². The zero-order valence-corrected chi connectivity index (χ0v) is 11.3. The van der Waals surface area contributed by atoms with E-state index in [9.17, 15) is 0 Å². The van der Waals surface area contributed by atoms with E-state index in [2.05, 4.69) is 0 Å². The van der Waals surface area contributed by atoms with E-state index in [1.807, 2.05) is 0 Å². The minimum absolute atomic E-state index is 0. The summed E-state index contributed by atoms with van der Waals surface area (Å²) in [6, 6.07) is 0. The fourth-order valence-corrected chi connectivity index (χ4v) is 0. The molecule has 0 spiro atoms. The summed E-state index contributed by atoms with van der Waals surface area (Å²) in [5.74, 6) is 0. The molecule has 0 saturated carbocycles. The van der Waals surface area contributed by atoms with E-state index in [0.717, 1.165) is 0 Å². The van der Waals surface area contributed by atoms with Crippen molar-refractivity contribution in [2.75, 3.05) is 0 Å². The molecule has 0 heterocycles. The van der Waals surface area contributed by atoms with Crippen LogP contribution in [-0.4, -0.2) is 44.0 Å². The molecule has 0 aliphatic carbocycles. The average Bonchev–Trinajstić information content (AvgIpc) is 1.41. The van der Waals surface area contributed by atoms with Crippen LogP contribution in [0, 0.1) is 0 Å². The van der Waals surface area contributed by atoms with Gasteiger partial charge in [-0.05, 0) is 0 Å². The molecule has 0 aliphatic heterocycles. The predicted octanol–water partition coefficient (Wildman–Crippen LogP) is -2.79. The molecule has 0 fully saturated rings. The van der Waals surface area contributed by atoms with Gasteiger partial charge in [-0.2, -0.15) is 0 Å². The van der Waals surface area contributed by atoms with Gasteiger partial charge in [0.05, 0.1) is 0 Å². The van der Waals surface area contributed by atoms with E-state index >= 15 is 0 Å². The van der Waals surface area contributed by atoms with Gasteiger partial charge in [-0.3, -0.25) is 0 Å². The zero-order chi connectivity index (χ0) is 13.5. The number of phosphoric acid groups is 3. The van der Waals surface area contributed by atoms with Gasteiger partial charge in [0, 0.05) is 21.7 Å². The molecule has 0 atom stereocenters. The molecule has 0 aromatic rings. The number of hydrogen-bond acceptors (Lipinski definition) is 3. The van der Waals surface area contributed by atoms with E-state index in [1.165, 1.54) is 0 Å². The van der Waals surface area contributed by atoms with Crippen molar-refractivity contribution in [2.24, 2.45) is 0 Å². The van der Waals surface area contributed by atoms with E-state index < -0.39 is 23.5 Å². The van der Waals surface area contributed by atoms with Crippen LogP contribution in [0.3, 0.4) is 0 Å². The Hall–Kier alpha value is 1.04. The third-order valence-electron chi connectivity index (χ3n) is 0. The third-order valence-corrected chi connectivity index (χ3v) is 0. The van der Waals surface area contributed by atoms with Crippen molar-refractivity contribution >= 4 is 23.5 Å². The van der Waals surface area contributed by atoms with Gasteiger partial charge in [0.25, 0.3) is 0 Å². The minimum Gasteiger partial charge on any atom is -0.303 e. The maximum absolute atomic E-state index is 8.88. The molecule has 0 radical (unpaired) electrons. The Kier molecular flexibility index (Phi) is 16.1. The monoisotopic (exact) mass is 342 g/mol. The molecular formula is H9O12P3Ti. The smallest absolute Gasteiger partial charge is 0.303 e. The van der Waals surface area contributed by atoms with Gasteiger partial charge in [0.2, 0.25) is 0 Å². The molecule has 0 rings (SSSR count). The molecule has 0 amide bonds. The summed E-state index contributed by atoms with van der Waals surface area (Å²) >= 11 is 0. The summed E-state index contributed by atoms with van der Waals surface area (Å²) in [6.07, 6.45) is 0. The van der Waals surface area contributed by atoms with Crippen LogP contribution in [0.15, 0.2) is 0 Å². The maximum Gasteiger partial charge on any atom is 0.466 e. The van der Waals surface area contributed by atoms with Gasteiger partial charge >= 0.3 is 23.5 Å². The van der Waals surface area contributed by atoms with Gasteiger partial charge in [-0.15, -0.1) is 0 Å². The molecule has 0 aromatic heterocycles. The topological polar surface area (TPSA) is 233 Å². The van der Waals surface area contributed by atoms with Crippen molar-refractivity contribution in [3.05, 3.63) is 0 Å². The van der Waals surface area contributed by atoms with Crippen molar-refractivity contribution < 1.29 is 79.5 Å². The molecule has 0 aromatic carbocycles. The largest absolute Gasteiger partial charge is 0.466 e. The molecule has 0 bridgehead atoms. The fourth-order valence-electron chi connectivity index (χ4n) is 0. The Morgan fingerprint density at radius 3 is 0.438 bits per heavy atom. The van der Waals surface area contributed by atoms with Crippen molar-refractivity contribution in [3.63, 3.8) is 0 Å². The van der Waals surface area contributed by atoms with E-state index in [0.29, 0.717) is 0 Å². The van der Waals surface area contributed by atoms with Crippen LogP contribution < -0.4 is 0 Å². The van der Waals surface area contributed by atoms with Gasteiger partial charge in [-0.1, -0.05) is 0 Å². The molecule has 16 heavy (non-hydrogen) atoms. The summed E-state index contributed by atoms with van der Waals surface area (Å²) in [4.78, 5) is 64.7. The molecule has 0 aliphatic rings. The summed E-state index contributed by atoms with van der Waals surface area (Å²) in [5.41, 5.74) is 0. The van der Waals surface area contributed by atoms with Crippen molar-refractivity contribution in [3.8, 4) is 0 Å². The molecular weight excluding hydrogens is 333 g/mol. The summed E-state index contributed by atoms with van der Waals surface area (Å²) in [6.45, 7) is 0. The first-order valence-corrected chi connectivity index (χ1v) is 7.04. The standard InChI is InChI=1S/3H3O4P.Ti/c3*1-5(2,3)4;/h3*(H3,1,2,3,4);. The summed E-state index contributed by atoms with van der Waals surface area (Å²) in [7, 11) is -13.9. The second kappa shape index (κ2) is 10.0. The van der Waals surface area contributed by atoms with Crippen LogP contribution in [0.1, 0.15) is 0 Å². The van der Waals surface area contributed by atoms with Crippen LogP contribution in [-0.2, 0) is 35.4 Å². The van der Waals surface area contributed by atoms with Crippen LogP contribution in [0.5, 0.6) is 0 Å². The normalized spacial score (nSPS) is 11.1. The summed E-state index contributed by atoms with van der Waals surface area (Å²) in [5, 5.41) is 0. The first kappa shape index (κ1) is 25.8. The third kappa shape index (κ3) is 2720. The van der Waals surface area contributed by atoms with E-state index in [1.54, 1.807) is 0 Å². The Balaban J connectivity index is -0.0000000655. The van der Waals surface area contributed by atoms with E-state index in [4.69, 9.17) is 57.7 Å². The molecule has 9 N–H and O–H groups in total. The summed E-state index contributed by atoms with van der Waals surface area (Å²) < 4.78 is 26.6. The Morgan fingerprint density at radius 2 is 0.438 bits per heavy atom. The Labute approximate surface area is 103 Å². The molecule has 0 unspecified atom stereocenters. The van der Waals surface area contributed by atoms with Crippen LogP contribution in [0.4, 0.5) is 0 Å². The fraction of sp³-hybridized carbons (Fsp3) is 0. The number of hydrogen-bond donors (Lipinski definition) is 9. The Bertz CT molecular complexity index is 202.